The lowest BCUT2D eigenvalue weighted by atomic mass is 10.1. The second kappa shape index (κ2) is 9.42. The van der Waals surface area contributed by atoms with Crippen LogP contribution in [-0.4, -0.2) is 31.5 Å². The summed E-state index contributed by atoms with van der Waals surface area (Å²) >= 11 is 0. The van der Waals surface area contributed by atoms with Gasteiger partial charge in [-0.15, -0.1) is 0 Å². The van der Waals surface area contributed by atoms with Crippen LogP contribution in [0.5, 0.6) is 5.75 Å². The lowest BCUT2D eigenvalue weighted by molar-refractivity contribution is -0.124. The topological polar surface area (TPSA) is 67.4 Å². The molecule has 0 atom stereocenters. The van der Waals surface area contributed by atoms with Gasteiger partial charge < -0.3 is 15.4 Å². The van der Waals surface area contributed by atoms with Crippen LogP contribution in [0.4, 0.5) is 4.39 Å². The Hall–Kier alpha value is -2.89. The first-order chi connectivity index (χ1) is 12.0. The quantitative estimate of drug-likeness (QED) is 0.720. The van der Waals surface area contributed by atoms with Crippen molar-refractivity contribution in [2.75, 3.05) is 19.7 Å². The maximum atomic E-state index is 12.8. The Morgan fingerprint density at radius 1 is 0.920 bits per heavy atom. The van der Waals surface area contributed by atoms with Crippen LogP contribution in [-0.2, 0) is 16.0 Å². The molecule has 2 aromatic carbocycles. The highest BCUT2D eigenvalue weighted by Gasteiger charge is 2.05. The minimum atomic E-state index is -0.334. The van der Waals surface area contributed by atoms with Crippen LogP contribution in [0.15, 0.2) is 48.5 Å². The van der Waals surface area contributed by atoms with E-state index < -0.39 is 0 Å². The molecular formula is C19H21FN2O3. The van der Waals surface area contributed by atoms with Crippen molar-refractivity contribution in [2.24, 2.45) is 0 Å². The molecule has 0 aliphatic carbocycles. The molecule has 0 bridgehead atoms. The Labute approximate surface area is 146 Å². The maximum Gasteiger partial charge on any atom is 0.258 e. The number of carbonyl (C=O) groups is 2. The van der Waals surface area contributed by atoms with Crippen molar-refractivity contribution >= 4 is 11.8 Å². The molecule has 5 nitrogen and oxygen atoms in total. The summed E-state index contributed by atoms with van der Waals surface area (Å²) < 4.78 is 18.1. The van der Waals surface area contributed by atoms with Gasteiger partial charge in [0.25, 0.3) is 5.91 Å². The summed E-state index contributed by atoms with van der Waals surface area (Å²) in [5, 5.41) is 5.36. The summed E-state index contributed by atoms with van der Waals surface area (Å²) in [6.07, 6.45) is 0.171. The fraction of sp³-hybridized carbons (Fsp3) is 0.263. The summed E-state index contributed by atoms with van der Waals surface area (Å²) in [6, 6.07) is 13.2. The van der Waals surface area contributed by atoms with Crippen molar-refractivity contribution in [1.29, 1.82) is 0 Å². The largest absolute Gasteiger partial charge is 0.484 e. The zero-order valence-corrected chi connectivity index (χ0v) is 14.0. The molecule has 2 N–H and O–H groups in total. The third-order valence-electron chi connectivity index (χ3n) is 3.44. The molecule has 2 amide bonds. The summed E-state index contributed by atoms with van der Waals surface area (Å²) in [7, 11) is 0. The molecule has 0 radical (unpaired) electrons. The number of amides is 2. The molecule has 0 aliphatic rings. The third-order valence-corrected chi connectivity index (χ3v) is 3.44. The van der Waals surface area contributed by atoms with Gasteiger partial charge in [-0.3, -0.25) is 9.59 Å². The van der Waals surface area contributed by atoms with Crippen LogP contribution >= 0.6 is 0 Å². The number of carbonyl (C=O) groups excluding carboxylic acids is 2. The van der Waals surface area contributed by atoms with Crippen LogP contribution in [0, 0.1) is 12.7 Å². The molecule has 0 unspecified atom stereocenters. The van der Waals surface area contributed by atoms with Crippen LogP contribution in [0.2, 0.25) is 0 Å². The van der Waals surface area contributed by atoms with Gasteiger partial charge in [0.2, 0.25) is 5.91 Å². The molecular weight excluding hydrogens is 323 g/mol. The standard InChI is InChI=1S/C19H21FN2O3/c1-14-2-8-17(9-3-14)25-13-19(24)22-11-10-21-18(23)12-15-4-6-16(20)7-5-15/h2-9H,10-13H2,1H3,(H,21,23)(H,22,24). The first-order valence-corrected chi connectivity index (χ1v) is 8.00. The molecule has 0 heterocycles. The number of benzene rings is 2. The molecule has 6 heteroatoms. The Morgan fingerprint density at radius 3 is 2.16 bits per heavy atom. The molecule has 0 aromatic heterocycles. The zero-order valence-electron chi connectivity index (χ0n) is 14.0. The highest BCUT2D eigenvalue weighted by atomic mass is 19.1. The van der Waals surface area contributed by atoms with E-state index >= 15 is 0 Å². The molecule has 25 heavy (non-hydrogen) atoms. The van der Waals surface area contributed by atoms with Gasteiger partial charge in [0, 0.05) is 13.1 Å². The molecule has 0 saturated carbocycles. The fourth-order valence-electron chi connectivity index (χ4n) is 2.09. The van der Waals surface area contributed by atoms with E-state index in [2.05, 4.69) is 10.6 Å². The van der Waals surface area contributed by atoms with Crippen LogP contribution in [0.1, 0.15) is 11.1 Å². The molecule has 0 aliphatic heterocycles. The van der Waals surface area contributed by atoms with Gasteiger partial charge >= 0.3 is 0 Å². The van der Waals surface area contributed by atoms with Crippen LogP contribution < -0.4 is 15.4 Å². The van der Waals surface area contributed by atoms with E-state index in [0.717, 1.165) is 11.1 Å². The molecule has 0 fully saturated rings. The van der Waals surface area contributed by atoms with E-state index in [0.29, 0.717) is 18.8 Å². The van der Waals surface area contributed by atoms with Crippen molar-refractivity contribution in [1.82, 2.24) is 10.6 Å². The smallest absolute Gasteiger partial charge is 0.258 e. The molecule has 0 spiro atoms. The van der Waals surface area contributed by atoms with Gasteiger partial charge in [-0.05, 0) is 36.8 Å². The first kappa shape index (κ1) is 18.4. The molecule has 132 valence electrons. The van der Waals surface area contributed by atoms with E-state index in [1.807, 2.05) is 19.1 Å². The van der Waals surface area contributed by atoms with Crippen molar-refractivity contribution in [3.63, 3.8) is 0 Å². The number of rotatable bonds is 8. The average Bonchev–Trinajstić information content (AvgIpc) is 2.60. The highest BCUT2D eigenvalue weighted by molar-refractivity contribution is 5.79. The zero-order chi connectivity index (χ0) is 18.1. The van der Waals surface area contributed by atoms with Crippen molar-refractivity contribution < 1.29 is 18.7 Å². The first-order valence-electron chi connectivity index (χ1n) is 8.00. The number of aryl methyl sites for hydroxylation is 1. The predicted octanol–water partition coefficient (Wildman–Crippen LogP) is 1.99. The van der Waals surface area contributed by atoms with E-state index in [1.165, 1.54) is 12.1 Å². The number of ether oxygens (including phenoxy) is 1. The van der Waals surface area contributed by atoms with Crippen LogP contribution in [0.3, 0.4) is 0 Å². The van der Waals surface area contributed by atoms with Crippen molar-refractivity contribution in [2.45, 2.75) is 13.3 Å². The monoisotopic (exact) mass is 344 g/mol. The van der Waals surface area contributed by atoms with Crippen LogP contribution in [0.25, 0.3) is 0 Å². The molecule has 0 saturated heterocycles. The van der Waals surface area contributed by atoms with Crippen molar-refractivity contribution in [3.8, 4) is 5.75 Å². The molecule has 2 aromatic rings. The van der Waals surface area contributed by atoms with E-state index in [9.17, 15) is 14.0 Å². The summed E-state index contributed by atoms with van der Waals surface area (Å²) in [6.45, 7) is 2.52. The number of nitrogens with one attached hydrogen (secondary N) is 2. The minimum Gasteiger partial charge on any atom is -0.484 e. The predicted molar refractivity (Wildman–Crippen MR) is 92.8 cm³/mol. The number of halogens is 1. The molecule has 2 rings (SSSR count). The van der Waals surface area contributed by atoms with Gasteiger partial charge in [-0.1, -0.05) is 29.8 Å². The minimum absolute atomic E-state index is 0.0768. The lowest BCUT2D eigenvalue weighted by Crippen LogP contribution is -2.37. The fourth-order valence-corrected chi connectivity index (χ4v) is 2.09. The van der Waals surface area contributed by atoms with Gasteiger partial charge in [0.1, 0.15) is 11.6 Å². The summed E-state index contributed by atoms with van der Waals surface area (Å²) in [4.78, 5) is 23.4. The Morgan fingerprint density at radius 2 is 1.52 bits per heavy atom. The van der Waals surface area contributed by atoms with Crippen molar-refractivity contribution in [3.05, 3.63) is 65.5 Å². The third kappa shape index (κ3) is 7.03. The maximum absolute atomic E-state index is 12.8. The summed E-state index contributed by atoms with van der Waals surface area (Å²) in [5.74, 6) is -0.141. The SMILES string of the molecule is Cc1ccc(OCC(=O)NCCNC(=O)Cc2ccc(F)cc2)cc1. The van der Waals surface area contributed by atoms with Gasteiger partial charge in [-0.2, -0.15) is 0 Å². The van der Waals surface area contributed by atoms with E-state index in [-0.39, 0.29) is 30.7 Å². The van der Waals surface area contributed by atoms with Gasteiger partial charge in [-0.25, -0.2) is 4.39 Å². The Kier molecular flexibility index (Phi) is 6.95. The van der Waals surface area contributed by atoms with E-state index in [1.54, 1.807) is 24.3 Å². The second-order valence-electron chi connectivity index (χ2n) is 5.60. The lowest BCUT2D eigenvalue weighted by Gasteiger charge is -2.09. The van der Waals surface area contributed by atoms with Gasteiger partial charge in [0.15, 0.2) is 6.61 Å². The normalized spacial score (nSPS) is 10.2. The van der Waals surface area contributed by atoms with Gasteiger partial charge in [0.05, 0.1) is 6.42 Å². The summed E-state index contributed by atoms with van der Waals surface area (Å²) in [5.41, 5.74) is 1.85. The number of hydrogen-bond acceptors (Lipinski definition) is 3. The second-order valence-corrected chi connectivity index (χ2v) is 5.60. The number of hydrogen-bond donors (Lipinski definition) is 2. The highest BCUT2D eigenvalue weighted by Crippen LogP contribution is 2.10. The Bertz CT molecular complexity index is 700. The van der Waals surface area contributed by atoms with E-state index in [4.69, 9.17) is 4.74 Å². The Balaban J connectivity index is 1.58. The average molecular weight is 344 g/mol.